The molecule has 4 nitrogen and oxygen atoms in total. The summed E-state index contributed by atoms with van der Waals surface area (Å²) in [6, 6.07) is 10.5. The van der Waals surface area contributed by atoms with Gasteiger partial charge in [-0.25, -0.2) is 13.1 Å². The van der Waals surface area contributed by atoms with E-state index < -0.39 is 15.8 Å². The molecular weight excluding hydrogens is 212 g/mol. The second-order valence-electron chi connectivity index (χ2n) is 3.17. The summed E-state index contributed by atoms with van der Waals surface area (Å²) in [4.78, 5) is 0. The largest absolute Gasteiger partial charge is 0.225 e. The standard InChI is InChI=1S/C10H12N2O2S/c1-9(10-5-3-2-4-6-10)12-15(13,14)8-7-11/h2-6,9,12H,8H2,1H3/t9-/m0/s1. The molecule has 0 bridgehead atoms. The van der Waals surface area contributed by atoms with Gasteiger partial charge in [-0.2, -0.15) is 5.26 Å². The normalized spacial score (nSPS) is 13.1. The van der Waals surface area contributed by atoms with Crippen LogP contribution in [0.4, 0.5) is 0 Å². The fourth-order valence-corrected chi connectivity index (χ4v) is 2.13. The average molecular weight is 224 g/mol. The highest BCUT2D eigenvalue weighted by Gasteiger charge is 2.14. The number of rotatable bonds is 4. The summed E-state index contributed by atoms with van der Waals surface area (Å²) in [5.74, 6) is -0.510. The minimum absolute atomic E-state index is 0.315. The van der Waals surface area contributed by atoms with Crippen molar-refractivity contribution in [3.05, 3.63) is 35.9 Å². The molecule has 0 spiro atoms. The molecule has 1 atom stereocenters. The monoisotopic (exact) mass is 224 g/mol. The number of hydrogen-bond acceptors (Lipinski definition) is 3. The zero-order valence-corrected chi connectivity index (χ0v) is 9.16. The summed E-state index contributed by atoms with van der Waals surface area (Å²) < 4.78 is 25.0. The fourth-order valence-electron chi connectivity index (χ4n) is 1.21. The van der Waals surface area contributed by atoms with Gasteiger partial charge < -0.3 is 0 Å². The maximum absolute atomic E-state index is 11.3. The van der Waals surface area contributed by atoms with E-state index in [9.17, 15) is 8.42 Å². The van der Waals surface area contributed by atoms with E-state index in [-0.39, 0.29) is 6.04 Å². The van der Waals surface area contributed by atoms with Crippen molar-refractivity contribution in [3.8, 4) is 6.07 Å². The van der Waals surface area contributed by atoms with E-state index in [0.29, 0.717) is 0 Å². The first-order valence-electron chi connectivity index (χ1n) is 4.47. The van der Waals surface area contributed by atoms with Crippen molar-refractivity contribution in [2.24, 2.45) is 0 Å². The van der Waals surface area contributed by atoms with Crippen LogP contribution in [0, 0.1) is 11.3 Å². The molecule has 0 aliphatic carbocycles. The maximum Gasteiger partial charge on any atom is 0.225 e. The van der Waals surface area contributed by atoms with Crippen molar-refractivity contribution in [1.82, 2.24) is 4.72 Å². The van der Waals surface area contributed by atoms with E-state index in [2.05, 4.69) is 4.72 Å². The molecule has 15 heavy (non-hydrogen) atoms. The smallest absolute Gasteiger partial charge is 0.211 e. The molecule has 0 saturated carbocycles. The second kappa shape index (κ2) is 4.91. The third-order valence-electron chi connectivity index (χ3n) is 1.91. The summed E-state index contributed by atoms with van der Waals surface area (Å²) in [5.41, 5.74) is 0.874. The number of benzene rings is 1. The molecule has 1 rings (SSSR count). The van der Waals surface area contributed by atoms with Gasteiger partial charge in [0.25, 0.3) is 0 Å². The van der Waals surface area contributed by atoms with Crippen LogP contribution in [0.3, 0.4) is 0 Å². The highest BCUT2D eigenvalue weighted by molar-refractivity contribution is 7.89. The van der Waals surface area contributed by atoms with Gasteiger partial charge in [0, 0.05) is 6.04 Å². The minimum Gasteiger partial charge on any atom is -0.211 e. The van der Waals surface area contributed by atoms with E-state index in [1.54, 1.807) is 13.0 Å². The molecule has 0 aliphatic heterocycles. The van der Waals surface area contributed by atoms with Gasteiger partial charge in [-0.1, -0.05) is 30.3 Å². The highest BCUT2D eigenvalue weighted by atomic mass is 32.2. The molecule has 0 amide bonds. The van der Waals surface area contributed by atoms with E-state index in [4.69, 9.17) is 5.26 Å². The van der Waals surface area contributed by atoms with Gasteiger partial charge in [-0.3, -0.25) is 0 Å². The Morgan fingerprint density at radius 1 is 1.40 bits per heavy atom. The first-order chi connectivity index (χ1) is 7.05. The quantitative estimate of drug-likeness (QED) is 0.835. The number of hydrogen-bond donors (Lipinski definition) is 1. The van der Waals surface area contributed by atoms with E-state index in [0.717, 1.165) is 5.56 Å². The Labute approximate surface area is 89.6 Å². The van der Waals surface area contributed by atoms with Crippen molar-refractivity contribution < 1.29 is 8.42 Å². The first kappa shape index (κ1) is 11.7. The average Bonchev–Trinajstić information content (AvgIpc) is 2.18. The molecule has 80 valence electrons. The van der Waals surface area contributed by atoms with Crippen molar-refractivity contribution in [2.75, 3.05) is 5.75 Å². The van der Waals surface area contributed by atoms with Crippen molar-refractivity contribution in [2.45, 2.75) is 13.0 Å². The van der Waals surface area contributed by atoms with Crippen molar-refractivity contribution in [3.63, 3.8) is 0 Å². The lowest BCUT2D eigenvalue weighted by Gasteiger charge is -2.12. The van der Waals surface area contributed by atoms with Gasteiger partial charge in [0.05, 0.1) is 6.07 Å². The van der Waals surface area contributed by atoms with Crippen LogP contribution in [0.2, 0.25) is 0 Å². The Kier molecular flexibility index (Phi) is 3.83. The SMILES string of the molecule is C[C@H](NS(=O)(=O)CC#N)c1ccccc1. The molecule has 0 unspecified atom stereocenters. The Hall–Kier alpha value is -1.38. The molecule has 0 radical (unpaired) electrons. The lowest BCUT2D eigenvalue weighted by Crippen LogP contribution is -2.28. The topological polar surface area (TPSA) is 70.0 Å². The van der Waals surface area contributed by atoms with Crippen molar-refractivity contribution in [1.29, 1.82) is 5.26 Å². The lowest BCUT2D eigenvalue weighted by molar-refractivity contribution is 0.570. The van der Waals surface area contributed by atoms with Crippen LogP contribution in [-0.4, -0.2) is 14.2 Å². The molecule has 1 aromatic carbocycles. The van der Waals surface area contributed by atoms with Gasteiger partial charge in [-0.05, 0) is 12.5 Å². The zero-order chi connectivity index (χ0) is 11.3. The number of nitrogens with one attached hydrogen (secondary N) is 1. The van der Waals surface area contributed by atoms with E-state index in [1.165, 1.54) is 0 Å². The number of nitriles is 1. The molecule has 0 aliphatic rings. The molecule has 1 aromatic rings. The summed E-state index contributed by atoms with van der Waals surface area (Å²) in [5, 5.41) is 8.32. The van der Waals surface area contributed by atoms with Gasteiger partial charge in [0.1, 0.15) is 0 Å². The Bertz CT molecular complexity index is 448. The maximum atomic E-state index is 11.3. The molecule has 1 N–H and O–H groups in total. The van der Waals surface area contributed by atoms with Gasteiger partial charge >= 0.3 is 0 Å². The summed E-state index contributed by atoms with van der Waals surface area (Å²) in [7, 11) is -3.49. The van der Waals surface area contributed by atoms with Crippen LogP contribution in [-0.2, 0) is 10.0 Å². The Morgan fingerprint density at radius 3 is 2.53 bits per heavy atom. The Morgan fingerprint density at radius 2 is 2.00 bits per heavy atom. The summed E-state index contributed by atoms with van der Waals surface area (Å²) >= 11 is 0. The predicted octanol–water partition coefficient (Wildman–Crippen LogP) is 1.19. The Balaban J connectivity index is 2.73. The fraction of sp³-hybridized carbons (Fsp3) is 0.300. The molecule has 0 aromatic heterocycles. The van der Waals surface area contributed by atoms with Gasteiger partial charge in [-0.15, -0.1) is 0 Å². The summed E-state index contributed by atoms with van der Waals surface area (Å²) in [6.07, 6.45) is 0. The number of sulfonamides is 1. The molecular formula is C10H12N2O2S. The third kappa shape index (κ3) is 3.70. The molecule has 0 heterocycles. The third-order valence-corrected chi connectivity index (χ3v) is 3.13. The predicted molar refractivity (Wildman–Crippen MR) is 57.4 cm³/mol. The van der Waals surface area contributed by atoms with Crippen LogP contribution < -0.4 is 4.72 Å². The highest BCUT2D eigenvalue weighted by Crippen LogP contribution is 2.12. The van der Waals surface area contributed by atoms with Crippen LogP contribution >= 0.6 is 0 Å². The van der Waals surface area contributed by atoms with Crippen LogP contribution in [0.25, 0.3) is 0 Å². The number of nitrogens with zero attached hydrogens (tertiary/aromatic N) is 1. The van der Waals surface area contributed by atoms with E-state index >= 15 is 0 Å². The summed E-state index contributed by atoms with van der Waals surface area (Å²) in [6.45, 7) is 1.74. The first-order valence-corrected chi connectivity index (χ1v) is 6.12. The molecule has 5 heteroatoms. The van der Waals surface area contributed by atoms with Gasteiger partial charge in [0.2, 0.25) is 10.0 Å². The zero-order valence-electron chi connectivity index (χ0n) is 8.34. The minimum atomic E-state index is -3.49. The van der Waals surface area contributed by atoms with Gasteiger partial charge in [0.15, 0.2) is 5.75 Å². The molecule has 0 fully saturated rings. The van der Waals surface area contributed by atoms with Crippen LogP contribution in [0.1, 0.15) is 18.5 Å². The molecule has 0 saturated heterocycles. The van der Waals surface area contributed by atoms with Crippen molar-refractivity contribution >= 4 is 10.0 Å². The second-order valence-corrected chi connectivity index (χ2v) is 4.92. The van der Waals surface area contributed by atoms with Crippen LogP contribution in [0.5, 0.6) is 0 Å². The lowest BCUT2D eigenvalue weighted by atomic mass is 10.1. The van der Waals surface area contributed by atoms with E-state index in [1.807, 2.05) is 30.3 Å². The van der Waals surface area contributed by atoms with Crippen LogP contribution in [0.15, 0.2) is 30.3 Å².